The van der Waals surface area contributed by atoms with E-state index < -0.39 is 0 Å². The number of nitrogens with zero attached hydrogens (tertiary/aromatic N) is 1. The Kier molecular flexibility index (Phi) is 5.43. The summed E-state index contributed by atoms with van der Waals surface area (Å²) in [7, 11) is 5.46. The molecule has 1 nitrogen and oxygen atoms in total. The maximum Gasteiger partial charge on any atom is 0.0738 e. The Morgan fingerprint density at radius 3 is 2.25 bits per heavy atom. The van der Waals surface area contributed by atoms with Crippen LogP contribution in [0.3, 0.4) is 0 Å². The lowest BCUT2D eigenvalue weighted by atomic mass is 9.98. The van der Waals surface area contributed by atoms with E-state index in [1.807, 2.05) is 39.8 Å². The van der Waals surface area contributed by atoms with Gasteiger partial charge in [-0.2, -0.15) is 0 Å². The Morgan fingerprint density at radius 2 is 1.83 bits per heavy atom. The molecule has 0 aliphatic heterocycles. The van der Waals surface area contributed by atoms with Crippen molar-refractivity contribution in [3.05, 3.63) is 29.1 Å². The van der Waals surface area contributed by atoms with Gasteiger partial charge in [-0.3, -0.25) is 4.98 Å². The fourth-order valence-electron chi connectivity index (χ4n) is 0.887. The van der Waals surface area contributed by atoms with Gasteiger partial charge in [0, 0.05) is 11.4 Å². The topological polar surface area (TPSA) is 12.9 Å². The molecule has 2 radical (unpaired) electrons. The van der Waals surface area contributed by atoms with Gasteiger partial charge in [0.15, 0.2) is 0 Å². The maximum absolute atomic E-state index is 5.46. The molecule has 0 saturated carbocycles. The third-order valence-electron chi connectivity index (χ3n) is 1.53. The predicted octanol–water partition coefficient (Wildman–Crippen LogP) is 2.39. The van der Waals surface area contributed by atoms with Gasteiger partial charge in [0.25, 0.3) is 0 Å². The van der Waals surface area contributed by atoms with Gasteiger partial charge < -0.3 is 0 Å². The van der Waals surface area contributed by atoms with Crippen molar-refractivity contribution >= 4 is 7.85 Å². The fraction of sp³-hybridized carbons (Fsp3) is 0.500. The van der Waals surface area contributed by atoms with Crippen LogP contribution >= 0.6 is 0 Å². The number of hydrogen-bond acceptors (Lipinski definition) is 1. The Morgan fingerprint density at radius 1 is 1.25 bits per heavy atom. The average Bonchev–Trinajstić information content (AvgIpc) is 2.13. The third kappa shape index (κ3) is 3.08. The van der Waals surface area contributed by atoms with E-state index in [9.17, 15) is 0 Å². The molecule has 1 aromatic rings. The quantitative estimate of drug-likeness (QED) is 0.576. The van der Waals surface area contributed by atoms with Crippen LogP contribution in [0.15, 0.2) is 12.1 Å². The van der Waals surface area contributed by atoms with Crippen molar-refractivity contribution in [1.82, 2.24) is 4.98 Å². The van der Waals surface area contributed by atoms with Crippen molar-refractivity contribution in [2.75, 3.05) is 0 Å². The molecule has 0 saturated heterocycles. The van der Waals surface area contributed by atoms with Crippen LogP contribution in [0.5, 0.6) is 0 Å². The molecule has 0 N–H and O–H groups in total. The lowest BCUT2D eigenvalue weighted by Gasteiger charge is -2.01. The molecule has 0 aliphatic carbocycles. The standard InChI is InChI=1S/C8H10BN.C2H6/c1-6-3-4-7(2)10-8(6)5-9;1-2/h3-4H,5H2,1-2H3;1-2H3. The molecule has 0 aliphatic rings. The van der Waals surface area contributed by atoms with Crippen molar-refractivity contribution in [1.29, 1.82) is 0 Å². The monoisotopic (exact) mass is 161 g/mol. The van der Waals surface area contributed by atoms with Crippen LogP contribution < -0.4 is 0 Å². The second-order valence-corrected chi connectivity index (χ2v) is 2.42. The van der Waals surface area contributed by atoms with Crippen molar-refractivity contribution in [2.45, 2.75) is 34.0 Å². The molecule has 0 spiro atoms. The summed E-state index contributed by atoms with van der Waals surface area (Å²) >= 11 is 0. The molecule has 0 atom stereocenters. The van der Waals surface area contributed by atoms with Crippen LogP contribution in [0.2, 0.25) is 0 Å². The molecule has 0 aromatic carbocycles. The minimum atomic E-state index is 0.535. The van der Waals surface area contributed by atoms with E-state index in [2.05, 4.69) is 4.98 Å². The number of pyridine rings is 1. The first-order chi connectivity index (χ1) is 5.74. The summed E-state index contributed by atoms with van der Waals surface area (Å²) in [5, 5.41) is 0. The highest BCUT2D eigenvalue weighted by molar-refractivity contribution is 6.08. The molecule has 1 rings (SSSR count). The van der Waals surface area contributed by atoms with E-state index in [1.54, 1.807) is 0 Å². The minimum Gasteiger partial charge on any atom is -0.259 e. The van der Waals surface area contributed by atoms with E-state index in [0.29, 0.717) is 6.32 Å². The van der Waals surface area contributed by atoms with Gasteiger partial charge in [0.05, 0.1) is 7.85 Å². The van der Waals surface area contributed by atoms with Crippen molar-refractivity contribution in [3.63, 3.8) is 0 Å². The molecule has 0 fully saturated rings. The minimum absolute atomic E-state index is 0.535. The fourth-order valence-corrected chi connectivity index (χ4v) is 0.887. The summed E-state index contributed by atoms with van der Waals surface area (Å²) < 4.78 is 0. The van der Waals surface area contributed by atoms with Crippen LogP contribution in [0, 0.1) is 13.8 Å². The second-order valence-electron chi connectivity index (χ2n) is 2.42. The highest BCUT2D eigenvalue weighted by Crippen LogP contribution is 2.04. The molecule has 0 amide bonds. The first-order valence-electron chi connectivity index (χ1n) is 4.37. The van der Waals surface area contributed by atoms with E-state index in [1.165, 1.54) is 5.56 Å². The molecule has 0 bridgehead atoms. The molecular weight excluding hydrogens is 145 g/mol. The number of aromatic nitrogens is 1. The van der Waals surface area contributed by atoms with E-state index in [4.69, 9.17) is 7.85 Å². The highest BCUT2D eigenvalue weighted by Gasteiger charge is 1.94. The summed E-state index contributed by atoms with van der Waals surface area (Å²) in [5.41, 5.74) is 3.21. The van der Waals surface area contributed by atoms with Gasteiger partial charge in [-0.15, -0.1) is 0 Å². The summed E-state index contributed by atoms with van der Waals surface area (Å²) in [6.07, 6.45) is 0.535. The summed E-state index contributed by atoms with van der Waals surface area (Å²) in [4.78, 5) is 4.27. The van der Waals surface area contributed by atoms with Gasteiger partial charge in [-0.25, -0.2) is 0 Å². The molecule has 64 valence electrons. The van der Waals surface area contributed by atoms with Crippen LogP contribution in [-0.2, 0) is 6.32 Å². The van der Waals surface area contributed by atoms with E-state index >= 15 is 0 Å². The normalized spacial score (nSPS) is 8.67. The summed E-state index contributed by atoms with van der Waals surface area (Å²) in [5.74, 6) is 0. The first-order valence-corrected chi connectivity index (χ1v) is 4.37. The molecule has 2 heteroatoms. The zero-order valence-electron chi connectivity index (χ0n) is 8.39. The van der Waals surface area contributed by atoms with Crippen molar-refractivity contribution < 1.29 is 0 Å². The largest absolute Gasteiger partial charge is 0.259 e. The van der Waals surface area contributed by atoms with Gasteiger partial charge in [0.1, 0.15) is 0 Å². The maximum atomic E-state index is 5.46. The smallest absolute Gasteiger partial charge is 0.0738 e. The van der Waals surface area contributed by atoms with Crippen molar-refractivity contribution in [2.24, 2.45) is 0 Å². The zero-order valence-corrected chi connectivity index (χ0v) is 8.39. The highest BCUT2D eigenvalue weighted by atomic mass is 14.7. The van der Waals surface area contributed by atoms with E-state index in [-0.39, 0.29) is 0 Å². The summed E-state index contributed by atoms with van der Waals surface area (Å²) in [6, 6.07) is 4.04. The van der Waals surface area contributed by atoms with Gasteiger partial charge >= 0.3 is 0 Å². The molecule has 1 heterocycles. The average molecular weight is 161 g/mol. The van der Waals surface area contributed by atoms with Crippen LogP contribution in [-0.4, -0.2) is 12.8 Å². The Labute approximate surface area is 76.6 Å². The van der Waals surface area contributed by atoms with Crippen LogP contribution in [0.25, 0.3) is 0 Å². The molecular formula is C10H16BN. The zero-order chi connectivity index (χ0) is 9.56. The molecule has 1 aromatic heterocycles. The Balaban J connectivity index is 0.000000561. The van der Waals surface area contributed by atoms with Crippen LogP contribution in [0.4, 0.5) is 0 Å². The number of rotatable bonds is 1. The number of hydrogen-bond donors (Lipinski definition) is 0. The Hall–Kier alpha value is -0.785. The van der Waals surface area contributed by atoms with E-state index in [0.717, 1.165) is 11.4 Å². The first kappa shape index (κ1) is 11.2. The van der Waals surface area contributed by atoms with Gasteiger partial charge in [-0.1, -0.05) is 19.9 Å². The predicted molar refractivity (Wildman–Crippen MR) is 54.5 cm³/mol. The lowest BCUT2D eigenvalue weighted by Crippen LogP contribution is -1.95. The van der Waals surface area contributed by atoms with Crippen molar-refractivity contribution in [3.8, 4) is 0 Å². The molecule has 12 heavy (non-hydrogen) atoms. The van der Waals surface area contributed by atoms with Gasteiger partial charge in [-0.05, 0) is 31.8 Å². The lowest BCUT2D eigenvalue weighted by molar-refractivity contribution is 1.07. The third-order valence-corrected chi connectivity index (χ3v) is 1.53. The summed E-state index contributed by atoms with van der Waals surface area (Å²) in [6.45, 7) is 7.99. The SMILES string of the molecule is CC.[B]Cc1nc(C)ccc1C. The molecule has 0 unspecified atom stereocenters. The number of aryl methyl sites for hydroxylation is 2. The second kappa shape index (κ2) is 5.81. The van der Waals surface area contributed by atoms with Crippen LogP contribution in [0.1, 0.15) is 30.8 Å². The Bertz CT molecular complexity index is 233. The van der Waals surface area contributed by atoms with Gasteiger partial charge in [0.2, 0.25) is 0 Å².